The van der Waals surface area contributed by atoms with Gasteiger partial charge < -0.3 is 9.84 Å². The SMILES string of the molecule is COc1ccc(C2=N[C@H](c3c(F)cccc3Cl)N[C@H](c3ccccc3O)C2)cc1. The van der Waals surface area contributed by atoms with Gasteiger partial charge in [-0.3, -0.25) is 10.3 Å². The minimum absolute atomic E-state index is 0.180. The van der Waals surface area contributed by atoms with Gasteiger partial charge in [-0.25, -0.2) is 4.39 Å². The molecule has 0 saturated carbocycles. The van der Waals surface area contributed by atoms with Crippen molar-refractivity contribution in [3.63, 3.8) is 0 Å². The van der Waals surface area contributed by atoms with Crippen molar-refractivity contribution in [3.8, 4) is 11.5 Å². The summed E-state index contributed by atoms with van der Waals surface area (Å²) in [6, 6.07) is 19.0. The highest BCUT2D eigenvalue weighted by molar-refractivity contribution is 6.31. The van der Waals surface area contributed by atoms with Gasteiger partial charge in [0.2, 0.25) is 0 Å². The van der Waals surface area contributed by atoms with Crippen LogP contribution in [0.15, 0.2) is 71.7 Å². The Labute approximate surface area is 173 Å². The Bertz CT molecular complexity index is 1030. The number of hydrogen-bond acceptors (Lipinski definition) is 4. The Morgan fingerprint density at radius 1 is 1.07 bits per heavy atom. The number of benzene rings is 3. The summed E-state index contributed by atoms with van der Waals surface area (Å²) in [5.74, 6) is 0.499. The van der Waals surface area contributed by atoms with Crippen molar-refractivity contribution < 1.29 is 14.2 Å². The second-order valence-electron chi connectivity index (χ2n) is 6.82. The summed E-state index contributed by atoms with van der Waals surface area (Å²) in [6.45, 7) is 0. The van der Waals surface area contributed by atoms with Crippen LogP contribution in [0, 0.1) is 5.82 Å². The molecule has 0 amide bonds. The van der Waals surface area contributed by atoms with Crippen LogP contribution in [-0.4, -0.2) is 17.9 Å². The zero-order chi connectivity index (χ0) is 20.4. The van der Waals surface area contributed by atoms with E-state index in [1.807, 2.05) is 36.4 Å². The number of aliphatic imine (C=N–C) groups is 1. The molecule has 3 aromatic rings. The lowest BCUT2D eigenvalue weighted by Gasteiger charge is -2.31. The van der Waals surface area contributed by atoms with E-state index in [0.717, 1.165) is 22.6 Å². The molecule has 1 aliphatic heterocycles. The number of nitrogens with one attached hydrogen (secondary N) is 1. The first-order valence-corrected chi connectivity index (χ1v) is 9.63. The van der Waals surface area contributed by atoms with Crippen LogP contribution >= 0.6 is 11.6 Å². The predicted molar refractivity (Wildman–Crippen MR) is 112 cm³/mol. The molecule has 4 rings (SSSR count). The third-order valence-electron chi connectivity index (χ3n) is 5.05. The fourth-order valence-corrected chi connectivity index (χ4v) is 3.83. The molecular formula is C23H20ClFN2O2. The van der Waals surface area contributed by atoms with Gasteiger partial charge in [0.25, 0.3) is 0 Å². The van der Waals surface area contributed by atoms with Crippen LogP contribution in [0.2, 0.25) is 5.02 Å². The van der Waals surface area contributed by atoms with Gasteiger partial charge in [-0.1, -0.05) is 35.9 Å². The molecule has 3 aromatic carbocycles. The van der Waals surface area contributed by atoms with Gasteiger partial charge in [-0.05, 0) is 48.0 Å². The van der Waals surface area contributed by atoms with Crippen LogP contribution in [-0.2, 0) is 0 Å². The maximum absolute atomic E-state index is 14.6. The van der Waals surface area contributed by atoms with E-state index in [2.05, 4.69) is 5.32 Å². The Balaban J connectivity index is 1.79. The third kappa shape index (κ3) is 3.97. The molecule has 4 nitrogen and oxygen atoms in total. The van der Waals surface area contributed by atoms with Crippen molar-refractivity contribution in [2.24, 2.45) is 4.99 Å². The summed E-state index contributed by atoms with van der Waals surface area (Å²) in [7, 11) is 1.61. The van der Waals surface area contributed by atoms with Crippen molar-refractivity contribution in [2.75, 3.05) is 7.11 Å². The van der Waals surface area contributed by atoms with E-state index in [1.165, 1.54) is 6.07 Å². The smallest absolute Gasteiger partial charge is 0.131 e. The van der Waals surface area contributed by atoms with Gasteiger partial charge in [0.1, 0.15) is 23.5 Å². The molecule has 0 unspecified atom stereocenters. The van der Waals surface area contributed by atoms with E-state index in [1.54, 1.807) is 31.4 Å². The fraction of sp³-hybridized carbons (Fsp3) is 0.174. The van der Waals surface area contributed by atoms with Gasteiger partial charge >= 0.3 is 0 Å². The maximum Gasteiger partial charge on any atom is 0.131 e. The quantitative estimate of drug-likeness (QED) is 0.604. The lowest BCUT2D eigenvalue weighted by molar-refractivity contribution is 0.405. The average Bonchev–Trinajstić information content (AvgIpc) is 2.74. The van der Waals surface area contributed by atoms with Crippen molar-refractivity contribution in [3.05, 3.63) is 94.3 Å². The topological polar surface area (TPSA) is 53.8 Å². The maximum atomic E-state index is 14.6. The van der Waals surface area contributed by atoms with Crippen LogP contribution in [0.5, 0.6) is 11.5 Å². The van der Waals surface area contributed by atoms with Gasteiger partial charge in [0.05, 0.1) is 12.1 Å². The highest BCUT2D eigenvalue weighted by Gasteiger charge is 2.30. The molecular weight excluding hydrogens is 391 g/mol. The van der Waals surface area contributed by atoms with Crippen molar-refractivity contribution in [2.45, 2.75) is 18.6 Å². The van der Waals surface area contributed by atoms with Gasteiger partial charge in [-0.15, -0.1) is 0 Å². The second kappa shape index (κ2) is 8.23. The Morgan fingerprint density at radius 2 is 1.83 bits per heavy atom. The first-order valence-electron chi connectivity index (χ1n) is 9.25. The van der Waals surface area contributed by atoms with E-state index >= 15 is 0 Å². The lowest BCUT2D eigenvalue weighted by Crippen LogP contribution is -2.33. The average molecular weight is 411 g/mol. The number of phenols is 1. The molecule has 0 bridgehead atoms. The molecule has 0 aliphatic carbocycles. The Morgan fingerprint density at radius 3 is 2.52 bits per heavy atom. The number of ether oxygens (including phenoxy) is 1. The zero-order valence-electron chi connectivity index (χ0n) is 15.8. The molecule has 148 valence electrons. The minimum atomic E-state index is -0.681. The summed E-state index contributed by atoms with van der Waals surface area (Å²) in [4.78, 5) is 4.76. The van der Waals surface area contributed by atoms with Crippen molar-refractivity contribution in [1.82, 2.24) is 5.32 Å². The largest absolute Gasteiger partial charge is 0.508 e. The Kier molecular flexibility index (Phi) is 5.51. The zero-order valence-corrected chi connectivity index (χ0v) is 16.5. The number of nitrogens with zero attached hydrogens (tertiary/aromatic N) is 1. The third-order valence-corrected chi connectivity index (χ3v) is 5.38. The predicted octanol–water partition coefficient (Wildman–Crippen LogP) is 5.42. The normalized spacial score (nSPS) is 18.9. The fourth-order valence-electron chi connectivity index (χ4n) is 3.57. The van der Waals surface area contributed by atoms with Crippen LogP contribution in [0.1, 0.15) is 35.3 Å². The number of aromatic hydroxyl groups is 1. The number of methoxy groups -OCH3 is 1. The number of rotatable bonds is 4. The summed E-state index contributed by atoms with van der Waals surface area (Å²) < 4.78 is 19.8. The van der Waals surface area contributed by atoms with Crippen LogP contribution in [0.4, 0.5) is 4.39 Å². The van der Waals surface area contributed by atoms with Gasteiger partial charge in [0.15, 0.2) is 0 Å². The highest BCUT2D eigenvalue weighted by atomic mass is 35.5. The standard InChI is InChI=1S/C23H20ClFN2O2/c1-29-15-11-9-14(10-12-15)19-13-20(16-5-2-3-8-21(16)28)27-23(26-19)22-17(24)6-4-7-18(22)25/h2-12,20,23,27-28H,13H2,1H3/t20-,23-/m0/s1. The van der Waals surface area contributed by atoms with E-state index in [4.69, 9.17) is 21.3 Å². The molecule has 29 heavy (non-hydrogen) atoms. The summed E-state index contributed by atoms with van der Waals surface area (Å²) in [5.41, 5.74) is 2.72. The number of hydrogen-bond donors (Lipinski definition) is 2. The van der Waals surface area contributed by atoms with E-state index in [-0.39, 0.29) is 11.8 Å². The first kappa shape index (κ1) is 19.4. The van der Waals surface area contributed by atoms with E-state index < -0.39 is 12.0 Å². The van der Waals surface area contributed by atoms with Crippen molar-refractivity contribution in [1.29, 1.82) is 0 Å². The monoisotopic (exact) mass is 410 g/mol. The lowest BCUT2D eigenvalue weighted by atomic mass is 9.93. The summed E-state index contributed by atoms with van der Waals surface area (Å²) in [6.07, 6.45) is -0.147. The number of phenolic OH excluding ortho intramolecular Hbond substituents is 1. The van der Waals surface area contributed by atoms with Crippen molar-refractivity contribution >= 4 is 17.3 Å². The molecule has 0 fully saturated rings. The molecule has 2 N–H and O–H groups in total. The molecule has 1 heterocycles. The molecule has 2 atom stereocenters. The molecule has 0 radical (unpaired) electrons. The molecule has 6 heteroatoms. The van der Waals surface area contributed by atoms with Crippen LogP contribution in [0.25, 0.3) is 0 Å². The highest BCUT2D eigenvalue weighted by Crippen LogP contribution is 2.37. The molecule has 0 saturated heterocycles. The van der Waals surface area contributed by atoms with Gasteiger partial charge in [-0.2, -0.15) is 0 Å². The minimum Gasteiger partial charge on any atom is -0.508 e. The number of halogens is 2. The molecule has 1 aliphatic rings. The van der Waals surface area contributed by atoms with Crippen LogP contribution in [0.3, 0.4) is 0 Å². The Hall–Kier alpha value is -2.89. The molecule has 0 aromatic heterocycles. The van der Waals surface area contributed by atoms with E-state index in [9.17, 15) is 9.50 Å². The van der Waals surface area contributed by atoms with E-state index in [0.29, 0.717) is 17.0 Å². The van der Waals surface area contributed by atoms with Crippen LogP contribution < -0.4 is 10.1 Å². The molecule has 0 spiro atoms. The first-order chi connectivity index (χ1) is 14.1. The summed E-state index contributed by atoms with van der Waals surface area (Å²) >= 11 is 6.31. The second-order valence-corrected chi connectivity index (χ2v) is 7.23. The van der Waals surface area contributed by atoms with Gasteiger partial charge in [0, 0.05) is 29.3 Å². The summed E-state index contributed by atoms with van der Waals surface area (Å²) in [5, 5.41) is 14.0. The number of para-hydroxylation sites is 1.